The average Bonchev–Trinajstić information content (AvgIpc) is 2.68. The minimum atomic E-state index is 0.197. The van der Waals surface area contributed by atoms with Gasteiger partial charge in [-0.25, -0.2) is 0 Å². The molecule has 26 heavy (non-hydrogen) atoms. The van der Waals surface area contributed by atoms with Gasteiger partial charge in [-0.05, 0) is 47.9 Å². The highest BCUT2D eigenvalue weighted by molar-refractivity contribution is 6.30. The molecular weight excluding hydrogens is 348 g/mol. The van der Waals surface area contributed by atoms with Gasteiger partial charge >= 0.3 is 0 Å². The number of carbonyl (C=O) groups excluding carboxylic acids is 1. The third-order valence-corrected chi connectivity index (χ3v) is 5.24. The molecule has 1 aliphatic rings. The van der Waals surface area contributed by atoms with Crippen LogP contribution in [-0.2, 0) is 4.79 Å². The van der Waals surface area contributed by atoms with E-state index in [1.54, 1.807) is 7.11 Å². The van der Waals surface area contributed by atoms with Crippen LogP contribution >= 0.6 is 11.6 Å². The predicted octanol–water partition coefficient (Wildman–Crippen LogP) is 4.19. The zero-order valence-electron chi connectivity index (χ0n) is 15.3. The van der Waals surface area contributed by atoms with Gasteiger partial charge < -0.3 is 14.5 Å². The highest BCUT2D eigenvalue weighted by atomic mass is 35.5. The Bertz CT molecular complexity index is 723. The molecule has 0 saturated carbocycles. The molecule has 1 unspecified atom stereocenters. The standard InChI is InChI=1S/C21H25ClN2O2/c1-16(17-3-9-20(26-2)10-4-17)15-21(25)24-13-11-23(12-14-24)19-7-5-18(22)6-8-19/h3-10,16H,11-15H2,1-2H3. The molecule has 0 aromatic heterocycles. The normalized spacial score (nSPS) is 15.7. The molecule has 138 valence electrons. The van der Waals surface area contributed by atoms with E-state index in [0.717, 1.165) is 42.6 Å². The lowest BCUT2D eigenvalue weighted by atomic mass is 9.97. The minimum absolute atomic E-state index is 0.197. The second-order valence-electron chi connectivity index (χ2n) is 6.72. The fraction of sp³-hybridized carbons (Fsp3) is 0.381. The first-order valence-electron chi connectivity index (χ1n) is 8.99. The Labute approximate surface area is 160 Å². The van der Waals surface area contributed by atoms with Gasteiger partial charge in [-0.2, -0.15) is 0 Å². The predicted molar refractivity (Wildman–Crippen MR) is 106 cm³/mol. The lowest BCUT2D eigenvalue weighted by molar-refractivity contribution is -0.131. The van der Waals surface area contributed by atoms with E-state index in [1.165, 1.54) is 5.56 Å². The van der Waals surface area contributed by atoms with Crippen molar-refractivity contribution >= 4 is 23.2 Å². The molecule has 0 N–H and O–H groups in total. The van der Waals surface area contributed by atoms with Crippen molar-refractivity contribution in [2.24, 2.45) is 0 Å². The van der Waals surface area contributed by atoms with Crippen molar-refractivity contribution in [2.45, 2.75) is 19.3 Å². The molecule has 0 spiro atoms. The molecule has 0 bridgehead atoms. The van der Waals surface area contributed by atoms with Crippen LogP contribution in [0.1, 0.15) is 24.8 Å². The largest absolute Gasteiger partial charge is 0.497 e. The number of hydrogen-bond donors (Lipinski definition) is 0. The molecule has 2 aromatic carbocycles. The first-order valence-corrected chi connectivity index (χ1v) is 9.37. The van der Waals surface area contributed by atoms with E-state index in [4.69, 9.17) is 16.3 Å². The van der Waals surface area contributed by atoms with Gasteiger partial charge in [-0.1, -0.05) is 30.7 Å². The Kier molecular flexibility index (Phi) is 6.04. The molecule has 1 atom stereocenters. The summed E-state index contributed by atoms with van der Waals surface area (Å²) in [6.45, 7) is 5.33. The molecule has 1 aliphatic heterocycles. The van der Waals surface area contributed by atoms with E-state index in [-0.39, 0.29) is 11.8 Å². The number of benzene rings is 2. The lowest BCUT2D eigenvalue weighted by Gasteiger charge is -2.36. The molecule has 2 aromatic rings. The van der Waals surface area contributed by atoms with Gasteiger partial charge in [0, 0.05) is 43.3 Å². The van der Waals surface area contributed by atoms with Crippen LogP contribution in [0.3, 0.4) is 0 Å². The van der Waals surface area contributed by atoms with Crippen molar-refractivity contribution in [2.75, 3.05) is 38.2 Å². The maximum atomic E-state index is 12.7. The second-order valence-corrected chi connectivity index (χ2v) is 7.16. The number of piperazine rings is 1. The number of carbonyl (C=O) groups is 1. The van der Waals surface area contributed by atoms with Crippen molar-refractivity contribution in [1.29, 1.82) is 0 Å². The Hall–Kier alpha value is -2.20. The first kappa shape index (κ1) is 18.6. The highest BCUT2D eigenvalue weighted by Gasteiger charge is 2.23. The average molecular weight is 373 g/mol. The first-order chi connectivity index (χ1) is 12.6. The summed E-state index contributed by atoms with van der Waals surface area (Å²) in [4.78, 5) is 16.9. The smallest absolute Gasteiger partial charge is 0.223 e. The van der Waals surface area contributed by atoms with Crippen LogP contribution in [0.5, 0.6) is 5.75 Å². The summed E-state index contributed by atoms with van der Waals surface area (Å²) in [5.41, 5.74) is 2.33. The summed E-state index contributed by atoms with van der Waals surface area (Å²) in [5, 5.41) is 0.745. The van der Waals surface area contributed by atoms with Crippen molar-refractivity contribution in [3.05, 3.63) is 59.1 Å². The van der Waals surface area contributed by atoms with Crippen molar-refractivity contribution in [3.8, 4) is 5.75 Å². The molecule has 1 fully saturated rings. The van der Waals surface area contributed by atoms with E-state index in [9.17, 15) is 4.79 Å². The van der Waals surface area contributed by atoms with Gasteiger partial charge in [-0.3, -0.25) is 4.79 Å². The van der Waals surface area contributed by atoms with Gasteiger partial charge in [0.1, 0.15) is 5.75 Å². The zero-order valence-corrected chi connectivity index (χ0v) is 16.1. The van der Waals surface area contributed by atoms with E-state index in [1.807, 2.05) is 53.4 Å². The van der Waals surface area contributed by atoms with Gasteiger partial charge in [0.2, 0.25) is 5.91 Å². The third-order valence-electron chi connectivity index (χ3n) is 4.99. The summed E-state index contributed by atoms with van der Waals surface area (Å²) in [6, 6.07) is 15.8. The lowest BCUT2D eigenvalue weighted by Crippen LogP contribution is -2.49. The molecule has 1 saturated heterocycles. The van der Waals surface area contributed by atoms with E-state index >= 15 is 0 Å². The second kappa shape index (κ2) is 8.45. The van der Waals surface area contributed by atoms with Crippen LogP contribution in [0.4, 0.5) is 5.69 Å². The highest BCUT2D eigenvalue weighted by Crippen LogP contribution is 2.24. The zero-order chi connectivity index (χ0) is 18.5. The van der Waals surface area contributed by atoms with Crippen LogP contribution in [0.2, 0.25) is 5.02 Å². The Morgan fingerprint density at radius 1 is 1.04 bits per heavy atom. The maximum absolute atomic E-state index is 12.7. The van der Waals surface area contributed by atoms with Crippen molar-refractivity contribution in [1.82, 2.24) is 4.90 Å². The van der Waals surface area contributed by atoms with Gasteiger partial charge in [0.05, 0.1) is 7.11 Å². The number of hydrogen-bond acceptors (Lipinski definition) is 3. The minimum Gasteiger partial charge on any atom is -0.497 e. The number of halogens is 1. The monoisotopic (exact) mass is 372 g/mol. The van der Waals surface area contributed by atoms with E-state index < -0.39 is 0 Å². The summed E-state index contributed by atoms with van der Waals surface area (Å²) < 4.78 is 5.19. The molecule has 0 aliphatic carbocycles. The molecule has 4 nitrogen and oxygen atoms in total. The number of amides is 1. The summed E-state index contributed by atoms with van der Waals surface area (Å²) in [6.07, 6.45) is 0.535. The summed E-state index contributed by atoms with van der Waals surface area (Å²) >= 11 is 5.95. The fourth-order valence-electron chi connectivity index (χ4n) is 3.31. The van der Waals surface area contributed by atoms with Crippen molar-refractivity contribution in [3.63, 3.8) is 0 Å². The van der Waals surface area contributed by atoms with Gasteiger partial charge in [0.15, 0.2) is 0 Å². The van der Waals surface area contributed by atoms with Crippen LogP contribution < -0.4 is 9.64 Å². The Morgan fingerprint density at radius 3 is 2.23 bits per heavy atom. The summed E-state index contributed by atoms with van der Waals surface area (Å²) in [5.74, 6) is 1.26. The molecular formula is C21H25ClN2O2. The number of anilines is 1. The van der Waals surface area contributed by atoms with Crippen LogP contribution in [-0.4, -0.2) is 44.1 Å². The van der Waals surface area contributed by atoms with Crippen molar-refractivity contribution < 1.29 is 9.53 Å². The Balaban J connectivity index is 1.52. The number of methoxy groups -OCH3 is 1. The van der Waals surface area contributed by atoms with E-state index in [2.05, 4.69) is 11.8 Å². The molecule has 3 rings (SSSR count). The maximum Gasteiger partial charge on any atom is 0.223 e. The van der Waals surface area contributed by atoms with Crippen LogP contribution in [0, 0.1) is 0 Å². The topological polar surface area (TPSA) is 32.8 Å². The fourth-order valence-corrected chi connectivity index (χ4v) is 3.43. The molecule has 1 heterocycles. The number of nitrogens with zero attached hydrogens (tertiary/aromatic N) is 2. The van der Waals surface area contributed by atoms with Gasteiger partial charge in [0.25, 0.3) is 0 Å². The molecule has 5 heteroatoms. The van der Waals surface area contributed by atoms with E-state index in [0.29, 0.717) is 6.42 Å². The third kappa shape index (κ3) is 4.50. The number of ether oxygens (including phenoxy) is 1. The molecule has 0 radical (unpaired) electrons. The summed E-state index contributed by atoms with van der Waals surface area (Å²) in [7, 11) is 1.66. The number of rotatable bonds is 5. The van der Waals surface area contributed by atoms with Crippen LogP contribution in [0.15, 0.2) is 48.5 Å². The molecule has 1 amide bonds. The quantitative estimate of drug-likeness (QED) is 0.788. The Morgan fingerprint density at radius 2 is 1.65 bits per heavy atom. The van der Waals surface area contributed by atoms with Crippen LogP contribution in [0.25, 0.3) is 0 Å². The van der Waals surface area contributed by atoms with Gasteiger partial charge in [-0.15, -0.1) is 0 Å². The SMILES string of the molecule is COc1ccc(C(C)CC(=O)N2CCN(c3ccc(Cl)cc3)CC2)cc1.